The Morgan fingerprint density at radius 3 is 2.54 bits per heavy atom. The van der Waals surface area contributed by atoms with Crippen LogP contribution in [-0.4, -0.2) is 26.6 Å². The quantitative estimate of drug-likeness (QED) is 0.883. The lowest BCUT2D eigenvalue weighted by Crippen LogP contribution is -2.16. The van der Waals surface area contributed by atoms with E-state index in [1.165, 1.54) is 6.20 Å². The number of nitrogens with zero attached hydrogens (tertiary/aromatic N) is 3. The number of hydrogen-bond donors (Lipinski definition) is 2. The van der Waals surface area contributed by atoms with Crippen LogP contribution in [0.3, 0.4) is 0 Å². The fraction of sp³-hybridized carbons (Fsp3) is 0.412. The van der Waals surface area contributed by atoms with E-state index < -0.39 is 0 Å². The van der Waals surface area contributed by atoms with Crippen molar-refractivity contribution in [3.05, 3.63) is 35.8 Å². The van der Waals surface area contributed by atoms with Crippen LogP contribution in [0.25, 0.3) is 0 Å². The van der Waals surface area contributed by atoms with Crippen LogP contribution in [0.1, 0.15) is 48.9 Å². The fourth-order valence-corrected chi connectivity index (χ4v) is 2.43. The summed E-state index contributed by atoms with van der Waals surface area (Å²) in [7, 11) is 0. The van der Waals surface area contributed by atoms with Gasteiger partial charge in [0.25, 0.3) is 5.91 Å². The van der Waals surface area contributed by atoms with E-state index in [1.807, 2.05) is 25.5 Å². The second kappa shape index (κ2) is 6.43. The van der Waals surface area contributed by atoms with Crippen molar-refractivity contribution in [2.24, 2.45) is 5.92 Å². The molecule has 1 aliphatic carbocycles. The Bertz CT molecular complexity index is 760. The van der Waals surface area contributed by atoms with Gasteiger partial charge in [0.2, 0.25) is 5.91 Å². The summed E-state index contributed by atoms with van der Waals surface area (Å²) in [5.74, 6) is 0.346. The van der Waals surface area contributed by atoms with Crippen molar-refractivity contribution in [3.8, 4) is 0 Å². The summed E-state index contributed by atoms with van der Waals surface area (Å²) >= 11 is 0. The van der Waals surface area contributed by atoms with Gasteiger partial charge in [0.1, 0.15) is 5.82 Å². The SMILES string of the molecule is Cc1cc(C(=O)Nc2ccc(NC(=O)C3CC3)nc2)nn1C(C)C. The van der Waals surface area contributed by atoms with E-state index in [2.05, 4.69) is 20.7 Å². The maximum atomic E-state index is 12.3. The molecule has 2 aromatic rings. The zero-order chi connectivity index (χ0) is 17.3. The Balaban J connectivity index is 1.63. The average Bonchev–Trinajstić information content (AvgIpc) is 3.31. The molecular weight excluding hydrogens is 306 g/mol. The molecule has 2 amide bonds. The first-order chi connectivity index (χ1) is 11.4. The topological polar surface area (TPSA) is 88.9 Å². The van der Waals surface area contributed by atoms with Crippen LogP contribution < -0.4 is 10.6 Å². The van der Waals surface area contributed by atoms with Crippen molar-refractivity contribution in [3.63, 3.8) is 0 Å². The van der Waals surface area contributed by atoms with Crippen molar-refractivity contribution in [1.82, 2.24) is 14.8 Å². The Morgan fingerprint density at radius 2 is 2.00 bits per heavy atom. The van der Waals surface area contributed by atoms with Crippen molar-refractivity contribution in [2.45, 2.75) is 39.7 Å². The Morgan fingerprint density at radius 1 is 1.25 bits per heavy atom. The van der Waals surface area contributed by atoms with Crippen LogP contribution in [-0.2, 0) is 4.79 Å². The maximum Gasteiger partial charge on any atom is 0.276 e. The molecule has 0 unspecified atom stereocenters. The van der Waals surface area contributed by atoms with Gasteiger partial charge in [-0.15, -0.1) is 0 Å². The number of pyridine rings is 1. The van der Waals surface area contributed by atoms with E-state index in [0.717, 1.165) is 18.5 Å². The Hall–Kier alpha value is -2.70. The van der Waals surface area contributed by atoms with E-state index in [-0.39, 0.29) is 23.8 Å². The van der Waals surface area contributed by atoms with Crippen molar-refractivity contribution < 1.29 is 9.59 Å². The predicted molar refractivity (Wildman–Crippen MR) is 90.9 cm³/mol. The number of carbonyl (C=O) groups excluding carboxylic acids is 2. The molecule has 7 heteroatoms. The van der Waals surface area contributed by atoms with Gasteiger partial charge in [0.15, 0.2) is 5.69 Å². The largest absolute Gasteiger partial charge is 0.319 e. The lowest BCUT2D eigenvalue weighted by atomic mass is 10.3. The number of rotatable bonds is 5. The monoisotopic (exact) mass is 327 g/mol. The number of aryl methyl sites for hydroxylation is 1. The van der Waals surface area contributed by atoms with Crippen LogP contribution in [0.4, 0.5) is 11.5 Å². The third-order valence-electron chi connectivity index (χ3n) is 3.86. The molecule has 3 rings (SSSR count). The molecule has 2 aromatic heterocycles. The van der Waals surface area contributed by atoms with Gasteiger partial charge in [-0.2, -0.15) is 5.10 Å². The summed E-state index contributed by atoms with van der Waals surface area (Å²) < 4.78 is 1.81. The van der Waals surface area contributed by atoms with E-state index in [1.54, 1.807) is 18.2 Å². The summed E-state index contributed by atoms with van der Waals surface area (Å²) in [5.41, 5.74) is 1.86. The lowest BCUT2D eigenvalue weighted by Gasteiger charge is -2.07. The lowest BCUT2D eigenvalue weighted by molar-refractivity contribution is -0.117. The van der Waals surface area contributed by atoms with Crippen LogP contribution in [0.5, 0.6) is 0 Å². The van der Waals surface area contributed by atoms with Gasteiger partial charge in [-0.05, 0) is 51.8 Å². The third-order valence-corrected chi connectivity index (χ3v) is 3.86. The average molecular weight is 327 g/mol. The minimum absolute atomic E-state index is 0.00832. The van der Waals surface area contributed by atoms with Crippen LogP contribution in [0, 0.1) is 12.8 Å². The number of nitrogens with one attached hydrogen (secondary N) is 2. The second-order valence-corrected chi connectivity index (χ2v) is 6.36. The van der Waals surface area contributed by atoms with Crippen LogP contribution in [0.2, 0.25) is 0 Å². The van der Waals surface area contributed by atoms with Crippen molar-refractivity contribution >= 4 is 23.3 Å². The highest BCUT2D eigenvalue weighted by Gasteiger charge is 2.29. The molecule has 0 radical (unpaired) electrons. The zero-order valence-electron chi connectivity index (χ0n) is 14.0. The molecule has 24 heavy (non-hydrogen) atoms. The van der Waals surface area contributed by atoms with Gasteiger partial charge in [-0.1, -0.05) is 0 Å². The smallest absolute Gasteiger partial charge is 0.276 e. The van der Waals surface area contributed by atoms with Gasteiger partial charge in [-0.25, -0.2) is 4.98 Å². The minimum atomic E-state index is -0.283. The minimum Gasteiger partial charge on any atom is -0.319 e. The number of amides is 2. The van der Waals surface area contributed by atoms with Crippen molar-refractivity contribution in [1.29, 1.82) is 0 Å². The van der Waals surface area contributed by atoms with Gasteiger partial charge < -0.3 is 10.6 Å². The first-order valence-corrected chi connectivity index (χ1v) is 8.08. The molecule has 1 fully saturated rings. The summed E-state index contributed by atoms with van der Waals surface area (Å²) in [4.78, 5) is 28.1. The van der Waals surface area contributed by atoms with E-state index >= 15 is 0 Å². The molecule has 7 nitrogen and oxygen atoms in total. The number of hydrogen-bond acceptors (Lipinski definition) is 4. The van der Waals surface area contributed by atoms with Crippen LogP contribution in [0.15, 0.2) is 24.4 Å². The first-order valence-electron chi connectivity index (χ1n) is 8.08. The molecule has 0 aliphatic heterocycles. The molecule has 1 saturated carbocycles. The summed E-state index contributed by atoms with van der Waals surface area (Å²) in [6, 6.07) is 5.34. The number of carbonyl (C=O) groups is 2. The first kappa shape index (κ1) is 16.2. The summed E-state index contributed by atoms with van der Waals surface area (Å²) in [5, 5.41) is 9.84. The van der Waals surface area contributed by atoms with Gasteiger partial charge in [0.05, 0.1) is 11.9 Å². The van der Waals surface area contributed by atoms with Gasteiger partial charge >= 0.3 is 0 Å². The van der Waals surface area contributed by atoms with Crippen LogP contribution >= 0.6 is 0 Å². The number of anilines is 2. The Kier molecular flexibility index (Phi) is 4.33. The summed E-state index contributed by atoms with van der Waals surface area (Å²) in [6.45, 7) is 5.95. The van der Waals surface area contributed by atoms with E-state index in [9.17, 15) is 9.59 Å². The predicted octanol–water partition coefficient (Wildman–Crippen LogP) is 2.77. The second-order valence-electron chi connectivity index (χ2n) is 6.36. The third kappa shape index (κ3) is 3.61. The highest BCUT2D eigenvalue weighted by Crippen LogP contribution is 2.30. The van der Waals surface area contributed by atoms with E-state index in [4.69, 9.17) is 0 Å². The molecule has 2 N–H and O–H groups in total. The Labute approximate surface area is 140 Å². The summed E-state index contributed by atoms with van der Waals surface area (Å²) in [6.07, 6.45) is 3.41. The maximum absolute atomic E-state index is 12.3. The van der Waals surface area contributed by atoms with Gasteiger partial charge in [-0.3, -0.25) is 14.3 Å². The van der Waals surface area contributed by atoms with Crippen molar-refractivity contribution in [2.75, 3.05) is 10.6 Å². The highest BCUT2D eigenvalue weighted by atomic mass is 16.2. The van der Waals surface area contributed by atoms with E-state index in [0.29, 0.717) is 17.2 Å². The molecule has 0 bridgehead atoms. The number of aromatic nitrogens is 3. The normalized spacial score (nSPS) is 13.8. The van der Waals surface area contributed by atoms with Gasteiger partial charge in [0, 0.05) is 17.7 Å². The standard InChI is InChI=1S/C17H21N5O2/c1-10(2)22-11(3)8-14(21-22)17(24)19-13-6-7-15(18-9-13)20-16(23)12-4-5-12/h6-10,12H,4-5H2,1-3H3,(H,19,24)(H,18,20,23). The molecule has 2 heterocycles. The molecule has 0 aromatic carbocycles. The molecule has 126 valence electrons. The fourth-order valence-electron chi connectivity index (χ4n) is 2.43. The molecular formula is C17H21N5O2. The molecule has 1 aliphatic rings. The molecule has 0 atom stereocenters. The zero-order valence-corrected chi connectivity index (χ0v) is 14.0. The highest BCUT2D eigenvalue weighted by molar-refractivity contribution is 6.03. The molecule has 0 spiro atoms. The molecule has 0 saturated heterocycles.